The molecule has 1 rings (SSSR count). The van der Waals surface area contributed by atoms with Gasteiger partial charge in [-0.05, 0) is 39.0 Å². The van der Waals surface area contributed by atoms with Crippen LogP contribution in [0.15, 0.2) is 18.2 Å². The van der Waals surface area contributed by atoms with Crippen LogP contribution in [0.5, 0.6) is 0 Å². The fraction of sp³-hybridized carbons (Fsp3) is 0.467. The number of carbonyl (C=O) groups excluding carboxylic acids is 2. The largest absolute Gasteiger partial charge is 0.464 e. The molecule has 0 fully saturated rings. The third-order valence-corrected chi connectivity index (χ3v) is 3.12. The van der Waals surface area contributed by atoms with Crippen LogP contribution in [0.1, 0.15) is 27.7 Å². The average Bonchev–Trinajstić information content (AvgIpc) is 2.42. The Morgan fingerprint density at radius 1 is 1.38 bits per heavy atom. The molecule has 0 aliphatic heterocycles. The molecule has 6 nitrogen and oxygen atoms in total. The molecule has 0 bridgehead atoms. The Bertz CT molecular complexity index is 517. The summed E-state index contributed by atoms with van der Waals surface area (Å²) in [5.41, 5.74) is 7.66. The van der Waals surface area contributed by atoms with Crippen molar-refractivity contribution in [1.29, 1.82) is 0 Å². The second-order valence-corrected chi connectivity index (χ2v) is 4.67. The van der Waals surface area contributed by atoms with Gasteiger partial charge in [0.25, 0.3) is 0 Å². The van der Waals surface area contributed by atoms with Crippen LogP contribution in [0.4, 0.5) is 17.1 Å². The molecule has 3 N–H and O–H groups in total. The van der Waals surface area contributed by atoms with Gasteiger partial charge in [0.05, 0.1) is 18.0 Å². The number of ether oxygens (including phenoxy) is 1. The standard InChI is InChI=1S/C15H23N3O3/c1-5-18(10(3)15(20)21-6-2)12-7-8-13(16)14(9-12)17-11(4)19/h7-10H,5-6,16H2,1-4H3,(H,17,19). The Hall–Kier alpha value is -2.24. The number of esters is 1. The van der Waals surface area contributed by atoms with E-state index in [1.807, 2.05) is 17.9 Å². The van der Waals surface area contributed by atoms with Gasteiger partial charge in [-0.25, -0.2) is 4.79 Å². The molecule has 0 saturated carbocycles. The minimum Gasteiger partial charge on any atom is -0.464 e. The maximum absolute atomic E-state index is 11.9. The van der Waals surface area contributed by atoms with Crippen molar-refractivity contribution < 1.29 is 14.3 Å². The van der Waals surface area contributed by atoms with E-state index in [0.29, 0.717) is 24.5 Å². The highest BCUT2D eigenvalue weighted by molar-refractivity contribution is 5.93. The van der Waals surface area contributed by atoms with E-state index in [-0.39, 0.29) is 11.9 Å². The molecular weight excluding hydrogens is 270 g/mol. The van der Waals surface area contributed by atoms with Gasteiger partial charge in [-0.1, -0.05) is 0 Å². The number of likely N-dealkylation sites (N-methyl/N-ethyl adjacent to an activating group) is 1. The number of carbonyl (C=O) groups is 2. The highest BCUT2D eigenvalue weighted by atomic mass is 16.5. The molecule has 0 radical (unpaired) electrons. The third kappa shape index (κ3) is 4.37. The van der Waals surface area contributed by atoms with Gasteiger partial charge in [-0.3, -0.25) is 4.79 Å². The van der Waals surface area contributed by atoms with Crippen molar-refractivity contribution in [3.05, 3.63) is 18.2 Å². The quantitative estimate of drug-likeness (QED) is 0.619. The van der Waals surface area contributed by atoms with E-state index in [9.17, 15) is 9.59 Å². The summed E-state index contributed by atoms with van der Waals surface area (Å²) in [6.07, 6.45) is 0. The predicted molar refractivity (Wildman–Crippen MR) is 84.3 cm³/mol. The highest BCUT2D eigenvalue weighted by Gasteiger charge is 2.22. The Morgan fingerprint density at radius 3 is 2.57 bits per heavy atom. The zero-order chi connectivity index (χ0) is 16.0. The normalized spacial score (nSPS) is 11.6. The first-order valence-corrected chi connectivity index (χ1v) is 7.01. The summed E-state index contributed by atoms with van der Waals surface area (Å²) in [4.78, 5) is 25.0. The summed E-state index contributed by atoms with van der Waals surface area (Å²) in [5.74, 6) is -0.474. The number of hydrogen-bond donors (Lipinski definition) is 2. The lowest BCUT2D eigenvalue weighted by Crippen LogP contribution is -2.40. The first kappa shape index (κ1) is 16.8. The Kier molecular flexibility index (Phi) is 6.02. The lowest BCUT2D eigenvalue weighted by Gasteiger charge is -2.29. The molecule has 21 heavy (non-hydrogen) atoms. The van der Waals surface area contributed by atoms with Gasteiger partial charge in [-0.2, -0.15) is 0 Å². The van der Waals surface area contributed by atoms with E-state index in [2.05, 4.69) is 5.32 Å². The van der Waals surface area contributed by atoms with Crippen molar-refractivity contribution in [3.8, 4) is 0 Å². The average molecular weight is 293 g/mol. The lowest BCUT2D eigenvalue weighted by atomic mass is 10.2. The van der Waals surface area contributed by atoms with Gasteiger partial charge in [0.15, 0.2) is 0 Å². The van der Waals surface area contributed by atoms with E-state index < -0.39 is 6.04 Å². The van der Waals surface area contributed by atoms with Gasteiger partial charge in [0.1, 0.15) is 6.04 Å². The zero-order valence-corrected chi connectivity index (χ0v) is 13.0. The predicted octanol–water partition coefficient (Wildman–Crippen LogP) is 2.01. The number of nitrogens with zero attached hydrogens (tertiary/aromatic N) is 1. The van der Waals surface area contributed by atoms with Crippen LogP contribution in [0, 0.1) is 0 Å². The maximum atomic E-state index is 11.9. The van der Waals surface area contributed by atoms with Crippen LogP contribution >= 0.6 is 0 Å². The molecule has 116 valence electrons. The molecule has 1 aromatic carbocycles. The molecule has 0 saturated heterocycles. The number of nitrogens with one attached hydrogen (secondary N) is 1. The summed E-state index contributed by atoms with van der Waals surface area (Å²) in [6, 6.07) is 4.88. The summed E-state index contributed by atoms with van der Waals surface area (Å²) < 4.78 is 5.05. The van der Waals surface area contributed by atoms with Gasteiger partial charge >= 0.3 is 5.97 Å². The van der Waals surface area contributed by atoms with Crippen LogP contribution in [0.2, 0.25) is 0 Å². The minimum absolute atomic E-state index is 0.194. The molecule has 0 aliphatic rings. The number of hydrogen-bond acceptors (Lipinski definition) is 5. The Balaban J connectivity index is 3.05. The second kappa shape index (κ2) is 7.52. The minimum atomic E-state index is -0.413. The van der Waals surface area contributed by atoms with Gasteiger partial charge in [0, 0.05) is 19.2 Å². The maximum Gasteiger partial charge on any atom is 0.328 e. The highest BCUT2D eigenvalue weighted by Crippen LogP contribution is 2.27. The van der Waals surface area contributed by atoms with Crippen LogP contribution in [-0.2, 0) is 14.3 Å². The van der Waals surface area contributed by atoms with E-state index in [0.717, 1.165) is 5.69 Å². The number of rotatable bonds is 6. The van der Waals surface area contributed by atoms with Crippen LogP contribution < -0.4 is 16.0 Å². The Morgan fingerprint density at radius 2 is 2.05 bits per heavy atom. The van der Waals surface area contributed by atoms with E-state index in [1.165, 1.54) is 6.92 Å². The van der Waals surface area contributed by atoms with Gasteiger partial charge < -0.3 is 20.7 Å². The molecule has 1 unspecified atom stereocenters. The summed E-state index contributed by atoms with van der Waals surface area (Å²) in [5, 5.41) is 2.68. The molecule has 0 aliphatic carbocycles. The molecule has 6 heteroatoms. The van der Waals surface area contributed by atoms with Crippen LogP contribution in [-0.4, -0.2) is 31.1 Å². The number of nitrogens with two attached hydrogens (primary N) is 1. The molecule has 1 aromatic rings. The first-order valence-electron chi connectivity index (χ1n) is 7.01. The van der Waals surface area contributed by atoms with E-state index in [4.69, 9.17) is 10.5 Å². The summed E-state index contributed by atoms with van der Waals surface area (Å²) >= 11 is 0. The van der Waals surface area contributed by atoms with E-state index in [1.54, 1.807) is 26.0 Å². The number of amides is 1. The van der Waals surface area contributed by atoms with Crippen molar-refractivity contribution in [2.75, 3.05) is 29.1 Å². The fourth-order valence-corrected chi connectivity index (χ4v) is 2.09. The first-order chi connectivity index (χ1) is 9.90. The van der Waals surface area contributed by atoms with Gasteiger partial charge in [0.2, 0.25) is 5.91 Å². The third-order valence-electron chi connectivity index (χ3n) is 3.12. The SMILES string of the molecule is CCOC(=O)C(C)N(CC)c1ccc(N)c(NC(C)=O)c1. The second-order valence-electron chi connectivity index (χ2n) is 4.67. The monoisotopic (exact) mass is 293 g/mol. The summed E-state index contributed by atoms with van der Waals surface area (Å²) in [6.45, 7) is 7.91. The molecular formula is C15H23N3O3. The molecule has 1 amide bonds. The zero-order valence-electron chi connectivity index (χ0n) is 13.0. The molecule has 1 atom stereocenters. The fourth-order valence-electron chi connectivity index (χ4n) is 2.09. The number of benzene rings is 1. The molecule has 0 spiro atoms. The van der Waals surface area contributed by atoms with Crippen molar-refractivity contribution in [2.24, 2.45) is 0 Å². The van der Waals surface area contributed by atoms with Crippen LogP contribution in [0.3, 0.4) is 0 Å². The van der Waals surface area contributed by atoms with Crippen molar-refractivity contribution >= 4 is 28.9 Å². The molecule has 0 heterocycles. The van der Waals surface area contributed by atoms with Gasteiger partial charge in [-0.15, -0.1) is 0 Å². The molecule has 0 aromatic heterocycles. The van der Waals surface area contributed by atoms with Crippen molar-refractivity contribution in [3.63, 3.8) is 0 Å². The van der Waals surface area contributed by atoms with Crippen molar-refractivity contribution in [1.82, 2.24) is 0 Å². The lowest BCUT2D eigenvalue weighted by molar-refractivity contribution is -0.144. The van der Waals surface area contributed by atoms with Crippen molar-refractivity contribution in [2.45, 2.75) is 33.7 Å². The number of nitrogen functional groups attached to an aromatic ring is 1. The smallest absolute Gasteiger partial charge is 0.328 e. The summed E-state index contributed by atoms with van der Waals surface area (Å²) in [7, 11) is 0. The topological polar surface area (TPSA) is 84.7 Å². The van der Waals surface area contributed by atoms with Crippen LogP contribution in [0.25, 0.3) is 0 Å². The Labute approximate surface area is 125 Å². The number of anilines is 3. The van der Waals surface area contributed by atoms with E-state index >= 15 is 0 Å².